The molecule has 0 atom stereocenters. The molecule has 29 nitrogen and oxygen atoms in total. The van der Waals surface area contributed by atoms with E-state index in [9.17, 15) is 15.0 Å². The van der Waals surface area contributed by atoms with Gasteiger partial charge in [-0.1, -0.05) is 16.8 Å². The Morgan fingerprint density at radius 3 is 1.42 bits per heavy atom. The first-order valence-corrected chi connectivity index (χ1v) is 32.0. The van der Waals surface area contributed by atoms with Gasteiger partial charge >= 0.3 is 0 Å². The number of nitrogens with zero attached hydrogens (tertiary/aromatic N) is 18. The summed E-state index contributed by atoms with van der Waals surface area (Å²) in [5.74, 6) is 3.66. The van der Waals surface area contributed by atoms with Gasteiger partial charge in [0.15, 0.2) is 0 Å². The Labute approximate surface area is 585 Å². The number of carbonyl (C=O) groups is 1. The Bertz CT molecular complexity index is 4960. The highest BCUT2D eigenvalue weighted by Crippen LogP contribution is 2.43. The zero-order chi connectivity index (χ0) is 71.1. The Kier molecular flexibility index (Phi) is 22.6. The van der Waals surface area contributed by atoms with Crippen LogP contribution in [0.15, 0.2) is 165 Å². The highest BCUT2D eigenvalue weighted by Gasteiger charge is 2.22. The molecule has 6 aromatic carbocycles. The number of ether oxygens (including phenoxy) is 6. The minimum atomic E-state index is -0.127. The number of likely N-dealkylation sites (N-methyl/N-ethyl adjacent to an activating group) is 1. The molecule has 13 aromatic rings. The van der Waals surface area contributed by atoms with Crippen LogP contribution in [0.3, 0.4) is 0 Å². The van der Waals surface area contributed by atoms with Crippen LogP contribution >= 0.6 is 11.6 Å². The van der Waals surface area contributed by atoms with Gasteiger partial charge in [0.05, 0.1) is 168 Å². The number of nitrogens with two attached hydrogens (primary N) is 1. The van der Waals surface area contributed by atoms with Gasteiger partial charge in [-0.15, -0.1) is 5.10 Å². The standard InChI is InChI=1S/C25H26N8O3.C24H27N7O3.C22H22ClN5O3/c1-31-14-17(12-27-31)25-13-26-23-5-4-19(10-24(23)28-25)33(16-18-15-32(6-7-34)30-29-18)20-8-21(35-2)11-22(9-20)36-3;1-26-24(32)15-30-14-16(12-28-30)23-13-27-21-5-4-17(10-22(21)29-23)31(7-6-25)18-8-19(33-2)11-20(9-18)34-3;1-27-13-14(11-25-27)19-12-24-17-5-4-15(8-18(17)26-19)28(6-7-29)20-9-16(30-2)10-21(31-3)22(20)23/h4-5,8-15,34H,6-7,16H2,1-3H3;4-5,8-14H,6-7,15,25H2,1-3H3,(H,26,32);4-5,8-13,29H,6-7H2,1-3H3. The summed E-state index contributed by atoms with van der Waals surface area (Å²) in [5, 5.41) is 43.1. The molecule has 101 heavy (non-hydrogen) atoms. The molecular weight excluding hydrogens is 1310 g/mol. The highest BCUT2D eigenvalue weighted by molar-refractivity contribution is 6.35. The summed E-state index contributed by atoms with van der Waals surface area (Å²) in [6.07, 6.45) is 17.8. The largest absolute Gasteiger partial charge is 0.497 e. The number of methoxy groups -OCH3 is 6. The molecule has 13 rings (SSSR count). The van der Waals surface area contributed by atoms with Crippen molar-refractivity contribution in [2.24, 2.45) is 19.8 Å². The minimum absolute atomic E-state index is 0.0117. The molecule has 0 aliphatic rings. The lowest BCUT2D eigenvalue weighted by Gasteiger charge is -2.26. The van der Waals surface area contributed by atoms with Crippen molar-refractivity contribution in [1.29, 1.82) is 0 Å². The van der Waals surface area contributed by atoms with Gasteiger partial charge in [0, 0.05) is 153 Å². The van der Waals surface area contributed by atoms with E-state index in [0.717, 1.165) is 89.8 Å². The SMILES string of the molecule is CNC(=O)Cn1cc(-c2cnc3ccc(N(CCN)c4cc(OC)cc(OC)c4)cc3n2)cn1.COc1cc(OC)c(Cl)c(N(CCO)c2ccc3ncc(-c4cnn(C)c4)nc3c2)c1.COc1cc(OC)cc(N(Cc2cn(CCO)nn2)c2ccc3ncc(-c4cnn(C)c4)nc3c2)c1. The zero-order valence-electron chi connectivity index (χ0n) is 57.0. The Morgan fingerprint density at radius 2 is 0.970 bits per heavy atom. The highest BCUT2D eigenvalue weighted by atomic mass is 35.5. The van der Waals surface area contributed by atoms with Crippen LogP contribution in [-0.4, -0.2) is 173 Å². The fourth-order valence-corrected chi connectivity index (χ4v) is 11.2. The van der Waals surface area contributed by atoms with Crippen molar-refractivity contribution in [3.8, 4) is 68.3 Å². The average Bonchev–Trinajstić information content (AvgIpc) is 1.79. The lowest BCUT2D eigenvalue weighted by Crippen LogP contribution is -2.24. The van der Waals surface area contributed by atoms with E-state index in [-0.39, 0.29) is 25.7 Å². The molecular formula is C71H75ClN20O9. The molecule has 0 unspecified atom stereocenters. The van der Waals surface area contributed by atoms with Crippen molar-refractivity contribution in [1.82, 2.24) is 79.6 Å². The van der Waals surface area contributed by atoms with Crippen molar-refractivity contribution in [2.75, 3.05) is 97.3 Å². The number of rotatable bonds is 25. The smallest absolute Gasteiger partial charge is 0.241 e. The fourth-order valence-electron chi connectivity index (χ4n) is 10.9. The monoisotopic (exact) mass is 1390 g/mol. The van der Waals surface area contributed by atoms with E-state index in [4.69, 9.17) is 60.7 Å². The molecule has 0 spiro atoms. The summed E-state index contributed by atoms with van der Waals surface area (Å²) >= 11 is 6.60. The van der Waals surface area contributed by atoms with Crippen molar-refractivity contribution < 1.29 is 43.4 Å². The molecule has 0 saturated carbocycles. The van der Waals surface area contributed by atoms with Gasteiger partial charge in [-0.3, -0.25) is 33.8 Å². The molecule has 30 heteroatoms. The number of carbonyl (C=O) groups excluding carboxylic acids is 1. The number of aliphatic hydroxyl groups excluding tert-OH is 2. The van der Waals surface area contributed by atoms with Gasteiger partial charge in [-0.2, -0.15) is 15.3 Å². The molecule has 0 aliphatic heterocycles. The molecule has 1 amide bonds. The van der Waals surface area contributed by atoms with Gasteiger partial charge in [0.1, 0.15) is 51.8 Å². The van der Waals surface area contributed by atoms with Crippen LogP contribution in [0.2, 0.25) is 5.02 Å². The number of aryl methyl sites for hydroxylation is 2. The van der Waals surface area contributed by atoms with Crippen LogP contribution in [0.25, 0.3) is 66.9 Å². The third kappa shape index (κ3) is 16.8. The van der Waals surface area contributed by atoms with E-state index in [2.05, 4.69) is 55.7 Å². The van der Waals surface area contributed by atoms with Crippen LogP contribution in [-0.2, 0) is 38.5 Å². The second-order valence-electron chi connectivity index (χ2n) is 22.6. The van der Waals surface area contributed by atoms with Gasteiger partial charge < -0.3 is 64.4 Å². The molecule has 0 fully saturated rings. The number of hydrogen-bond donors (Lipinski definition) is 4. The van der Waals surface area contributed by atoms with Crippen molar-refractivity contribution in [3.63, 3.8) is 0 Å². The Balaban J connectivity index is 0.000000153. The number of benzene rings is 6. The second-order valence-corrected chi connectivity index (χ2v) is 23.0. The molecule has 0 bridgehead atoms. The summed E-state index contributed by atoms with van der Waals surface area (Å²) in [6.45, 7) is 2.20. The van der Waals surface area contributed by atoms with Crippen LogP contribution in [0, 0.1) is 0 Å². The molecule has 0 saturated heterocycles. The van der Waals surface area contributed by atoms with Crippen molar-refractivity contribution in [3.05, 3.63) is 176 Å². The van der Waals surface area contributed by atoms with E-state index < -0.39 is 0 Å². The number of nitrogens with one attached hydrogen (secondary N) is 1. The van der Waals surface area contributed by atoms with E-state index in [0.29, 0.717) is 89.1 Å². The first-order valence-electron chi connectivity index (χ1n) is 31.7. The lowest BCUT2D eigenvalue weighted by atomic mass is 10.2. The predicted molar refractivity (Wildman–Crippen MR) is 385 cm³/mol. The minimum Gasteiger partial charge on any atom is -0.497 e. The van der Waals surface area contributed by atoms with Crippen molar-refractivity contribution >= 4 is 84.7 Å². The number of anilines is 6. The summed E-state index contributed by atoms with van der Waals surface area (Å²) in [6, 6.07) is 32.4. The van der Waals surface area contributed by atoms with Crippen molar-refractivity contribution in [2.45, 2.75) is 19.6 Å². The number of hydrogen-bond acceptors (Lipinski definition) is 24. The molecule has 0 radical (unpaired) electrons. The van der Waals surface area contributed by atoms with Gasteiger partial charge in [-0.25, -0.2) is 19.6 Å². The van der Waals surface area contributed by atoms with E-state index in [1.165, 1.54) is 0 Å². The second kappa shape index (κ2) is 32.5. The maximum atomic E-state index is 11.6. The lowest BCUT2D eigenvalue weighted by molar-refractivity contribution is -0.121. The Morgan fingerprint density at radius 1 is 0.505 bits per heavy atom. The normalized spacial score (nSPS) is 11.0. The van der Waals surface area contributed by atoms with Gasteiger partial charge in [-0.05, 0) is 54.6 Å². The predicted octanol–water partition coefficient (Wildman–Crippen LogP) is 9.15. The van der Waals surface area contributed by atoms with Crippen LogP contribution in [0.4, 0.5) is 34.1 Å². The fraction of sp³-hybridized carbons (Fsp3) is 0.239. The van der Waals surface area contributed by atoms with Gasteiger partial charge in [0.25, 0.3) is 0 Å². The number of fused-ring (bicyclic) bond motifs is 3. The number of aromatic nitrogens is 15. The summed E-state index contributed by atoms with van der Waals surface area (Å²) < 4.78 is 39.3. The molecule has 0 aliphatic carbocycles. The van der Waals surface area contributed by atoms with Crippen LogP contribution in [0.1, 0.15) is 5.69 Å². The summed E-state index contributed by atoms with van der Waals surface area (Å²) in [7, 11) is 14.9. The summed E-state index contributed by atoms with van der Waals surface area (Å²) in [5.41, 5.74) is 20.9. The maximum absolute atomic E-state index is 11.6. The molecule has 7 aromatic heterocycles. The van der Waals surface area contributed by atoms with Crippen LogP contribution in [0.5, 0.6) is 34.5 Å². The first kappa shape index (κ1) is 70.3. The van der Waals surface area contributed by atoms with E-state index >= 15 is 0 Å². The molecule has 5 N–H and O–H groups in total. The average molecular weight is 1390 g/mol. The molecule has 520 valence electrons. The summed E-state index contributed by atoms with van der Waals surface area (Å²) in [4.78, 5) is 45.8. The number of halogens is 1. The maximum Gasteiger partial charge on any atom is 0.241 e. The number of amides is 1. The third-order valence-electron chi connectivity index (χ3n) is 16.0. The third-order valence-corrected chi connectivity index (χ3v) is 16.4. The van der Waals surface area contributed by atoms with Crippen LogP contribution < -0.4 is 54.2 Å². The first-order chi connectivity index (χ1) is 49.1. The number of aliphatic hydroxyl groups is 2. The Hall–Kier alpha value is -12.1. The van der Waals surface area contributed by atoms with E-state index in [1.807, 2.05) is 135 Å². The molecule has 7 heterocycles. The van der Waals surface area contributed by atoms with Gasteiger partial charge in [0.2, 0.25) is 5.91 Å². The quantitative estimate of drug-likeness (QED) is 0.0414. The topological polar surface area (TPSA) is 322 Å². The van der Waals surface area contributed by atoms with E-state index in [1.54, 1.807) is 118 Å². The zero-order valence-corrected chi connectivity index (χ0v) is 57.8.